The van der Waals surface area contributed by atoms with Gasteiger partial charge >= 0.3 is 0 Å². The van der Waals surface area contributed by atoms with Crippen molar-refractivity contribution >= 4 is 8.07 Å². The smallest absolute Gasteiger partial charge is 0.0653 e. The van der Waals surface area contributed by atoms with Gasteiger partial charge in [0.15, 0.2) is 0 Å². The summed E-state index contributed by atoms with van der Waals surface area (Å²) < 4.78 is 0. The zero-order chi connectivity index (χ0) is 15.4. The summed E-state index contributed by atoms with van der Waals surface area (Å²) in [4.78, 5) is 0. The van der Waals surface area contributed by atoms with E-state index in [1.165, 1.54) is 18.0 Å². The minimum absolute atomic E-state index is 0.443. The van der Waals surface area contributed by atoms with Crippen molar-refractivity contribution in [3.05, 3.63) is 23.3 Å². The van der Waals surface area contributed by atoms with Crippen LogP contribution in [0.3, 0.4) is 0 Å². The molecule has 0 spiro atoms. The molecule has 0 fully saturated rings. The van der Waals surface area contributed by atoms with E-state index in [1.807, 2.05) is 6.92 Å². The molecule has 0 aliphatic heterocycles. The fraction of sp³-hybridized carbons (Fsp3) is 0.778. The second kappa shape index (κ2) is 7.08. The fourth-order valence-corrected chi connectivity index (χ4v) is 4.84. The second-order valence-electron chi connectivity index (χ2n) is 8.25. The highest BCUT2D eigenvalue weighted by Crippen LogP contribution is 2.37. The molecule has 0 heterocycles. The van der Waals surface area contributed by atoms with E-state index in [0.717, 1.165) is 25.7 Å². The van der Waals surface area contributed by atoms with Crippen LogP contribution in [0.2, 0.25) is 25.7 Å². The normalized spacial score (nSPS) is 22.9. The van der Waals surface area contributed by atoms with Crippen LogP contribution in [0, 0.1) is 5.92 Å². The summed E-state index contributed by atoms with van der Waals surface area (Å²) in [6.45, 7) is 13.6. The third kappa shape index (κ3) is 6.40. The van der Waals surface area contributed by atoms with E-state index in [9.17, 15) is 5.11 Å². The van der Waals surface area contributed by atoms with Crippen molar-refractivity contribution in [1.29, 1.82) is 0 Å². The van der Waals surface area contributed by atoms with Crippen molar-refractivity contribution in [2.75, 3.05) is 0 Å². The van der Waals surface area contributed by atoms with Crippen molar-refractivity contribution in [3.63, 3.8) is 0 Å². The summed E-state index contributed by atoms with van der Waals surface area (Å²) >= 11 is 0. The van der Waals surface area contributed by atoms with Crippen LogP contribution in [0.25, 0.3) is 0 Å². The minimum atomic E-state index is -0.985. The Balaban J connectivity index is 2.52. The van der Waals surface area contributed by atoms with Gasteiger partial charge in [0.05, 0.1) is 5.60 Å². The highest BCUT2D eigenvalue weighted by atomic mass is 28.3. The molecule has 1 rings (SSSR count). The molecule has 2 heteroatoms. The van der Waals surface area contributed by atoms with Gasteiger partial charge in [0.25, 0.3) is 0 Å². The maximum absolute atomic E-state index is 10.7. The lowest BCUT2D eigenvalue weighted by atomic mass is 9.76. The summed E-state index contributed by atoms with van der Waals surface area (Å²) in [6, 6.07) is 1.33. The van der Waals surface area contributed by atoms with Crippen LogP contribution in [0.15, 0.2) is 23.3 Å². The molecule has 1 aliphatic rings. The Bertz CT molecular complexity index is 367. The summed E-state index contributed by atoms with van der Waals surface area (Å²) in [5.74, 6) is 0.443. The number of aliphatic hydroxyl groups is 1. The van der Waals surface area contributed by atoms with Crippen molar-refractivity contribution in [2.45, 2.75) is 84.2 Å². The molecule has 0 amide bonds. The molecule has 0 aromatic carbocycles. The predicted octanol–water partition coefficient (Wildman–Crippen LogP) is 5.55. The average Bonchev–Trinajstić information content (AvgIpc) is 2.26. The van der Waals surface area contributed by atoms with Crippen LogP contribution in [0.4, 0.5) is 0 Å². The summed E-state index contributed by atoms with van der Waals surface area (Å²) in [7, 11) is -0.985. The van der Waals surface area contributed by atoms with Crippen LogP contribution in [-0.2, 0) is 0 Å². The van der Waals surface area contributed by atoms with E-state index in [1.54, 1.807) is 5.57 Å². The molecular formula is C18H34OSi. The van der Waals surface area contributed by atoms with Crippen LogP contribution in [-0.4, -0.2) is 18.8 Å². The Morgan fingerprint density at radius 3 is 2.50 bits per heavy atom. The van der Waals surface area contributed by atoms with Gasteiger partial charge in [-0.25, -0.2) is 0 Å². The maximum atomic E-state index is 10.7. The third-order valence-corrected chi connectivity index (χ3v) is 5.86. The first-order valence-electron chi connectivity index (χ1n) is 8.14. The molecule has 0 aromatic heterocycles. The molecule has 1 N–H and O–H groups in total. The Morgan fingerprint density at radius 1 is 1.40 bits per heavy atom. The monoisotopic (exact) mass is 294 g/mol. The van der Waals surface area contributed by atoms with Gasteiger partial charge in [-0.3, -0.25) is 0 Å². The Hall–Kier alpha value is -0.343. The SMILES string of the molecule is CC(C)=CCCC(C)(O)C1CC=C(C[Si](C)(C)C)CC1. The van der Waals surface area contributed by atoms with Gasteiger partial charge < -0.3 is 5.11 Å². The predicted molar refractivity (Wildman–Crippen MR) is 92.9 cm³/mol. The van der Waals surface area contributed by atoms with Gasteiger partial charge in [-0.05, 0) is 64.8 Å². The molecule has 116 valence electrons. The Morgan fingerprint density at radius 2 is 2.05 bits per heavy atom. The summed E-state index contributed by atoms with van der Waals surface area (Å²) in [5.41, 5.74) is 2.50. The highest BCUT2D eigenvalue weighted by Gasteiger charge is 2.32. The fourth-order valence-electron chi connectivity index (χ4n) is 3.15. The van der Waals surface area contributed by atoms with Crippen molar-refractivity contribution in [2.24, 2.45) is 5.92 Å². The van der Waals surface area contributed by atoms with Gasteiger partial charge in [-0.2, -0.15) is 0 Å². The molecule has 0 saturated carbocycles. The van der Waals surface area contributed by atoms with Crippen LogP contribution in [0.1, 0.15) is 52.9 Å². The largest absolute Gasteiger partial charge is 0.390 e. The van der Waals surface area contributed by atoms with E-state index in [2.05, 4.69) is 45.6 Å². The lowest BCUT2D eigenvalue weighted by Crippen LogP contribution is -2.35. The Labute approximate surface area is 127 Å². The number of hydrogen-bond acceptors (Lipinski definition) is 1. The number of allylic oxidation sites excluding steroid dienone is 4. The molecule has 0 radical (unpaired) electrons. The maximum Gasteiger partial charge on any atom is 0.0653 e. The molecule has 2 atom stereocenters. The Kier molecular flexibility index (Phi) is 6.27. The molecule has 0 saturated heterocycles. The van der Waals surface area contributed by atoms with Crippen LogP contribution >= 0.6 is 0 Å². The van der Waals surface area contributed by atoms with E-state index >= 15 is 0 Å². The van der Waals surface area contributed by atoms with Crippen LogP contribution < -0.4 is 0 Å². The standard InChI is InChI=1S/C18H34OSi/c1-15(2)8-7-13-18(3,19)17-11-9-16(10-12-17)14-20(4,5)6/h8-9,17,19H,7,10-14H2,1-6H3. The zero-order valence-corrected chi connectivity index (χ0v) is 15.4. The third-order valence-electron chi connectivity index (χ3n) is 4.34. The molecule has 2 unspecified atom stereocenters. The summed E-state index contributed by atoms with van der Waals surface area (Å²) in [5, 5.41) is 10.7. The van der Waals surface area contributed by atoms with Crippen molar-refractivity contribution < 1.29 is 5.11 Å². The topological polar surface area (TPSA) is 20.2 Å². The average molecular weight is 295 g/mol. The molecule has 0 aromatic rings. The summed E-state index contributed by atoms with van der Waals surface area (Å²) in [6.07, 6.45) is 10.00. The molecule has 1 aliphatic carbocycles. The van der Waals surface area contributed by atoms with Crippen molar-refractivity contribution in [1.82, 2.24) is 0 Å². The molecule has 20 heavy (non-hydrogen) atoms. The quantitative estimate of drug-likeness (QED) is 0.503. The van der Waals surface area contributed by atoms with E-state index in [-0.39, 0.29) is 0 Å². The lowest BCUT2D eigenvalue weighted by Gasteiger charge is -2.36. The molecule has 1 nitrogen and oxygen atoms in total. The van der Waals surface area contributed by atoms with Crippen molar-refractivity contribution in [3.8, 4) is 0 Å². The first-order valence-corrected chi connectivity index (χ1v) is 11.8. The number of hydrogen-bond donors (Lipinski definition) is 1. The molecule has 0 bridgehead atoms. The van der Waals surface area contributed by atoms with Crippen LogP contribution in [0.5, 0.6) is 0 Å². The van der Waals surface area contributed by atoms with Gasteiger partial charge in [-0.15, -0.1) is 0 Å². The van der Waals surface area contributed by atoms with Gasteiger partial charge in [0.1, 0.15) is 0 Å². The number of rotatable bonds is 6. The van der Waals surface area contributed by atoms with Gasteiger partial charge in [0.2, 0.25) is 0 Å². The second-order valence-corrected chi connectivity index (χ2v) is 13.7. The van der Waals surface area contributed by atoms with Gasteiger partial charge in [-0.1, -0.05) is 42.9 Å². The van der Waals surface area contributed by atoms with E-state index < -0.39 is 13.7 Å². The first kappa shape index (κ1) is 17.7. The van der Waals surface area contributed by atoms with E-state index in [4.69, 9.17) is 0 Å². The first-order chi connectivity index (χ1) is 9.10. The van der Waals surface area contributed by atoms with E-state index in [0.29, 0.717) is 5.92 Å². The zero-order valence-electron chi connectivity index (χ0n) is 14.4. The molecular weight excluding hydrogens is 260 g/mol. The lowest BCUT2D eigenvalue weighted by molar-refractivity contribution is -0.0122. The minimum Gasteiger partial charge on any atom is -0.390 e. The van der Waals surface area contributed by atoms with Gasteiger partial charge in [0, 0.05) is 8.07 Å². The highest BCUT2D eigenvalue weighted by molar-refractivity contribution is 6.76.